The van der Waals surface area contributed by atoms with Gasteiger partial charge in [0.1, 0.15) is 0 Å². The zero-order valence-electron chi connectivity index (χ0n) is 25.2. The highest BCUT2D eigenvalue weighted by molar-refractivity contribution is 6.10. The highest BCUT2D eigenvalue weighted by atomic mass is 16.4. The third-order valence-corrected chi connectivity index (χ3v) is 8.39. The lowest BCUT2D eigenvalue weighted by Crippen LogP contribution is -2.36. The minimum Gasteiger partial charge on any atom is -0.478 e. The normalized spacial score (nSPS) is 14.2. The molecule has 0 aliphatic heterocycles. The van der Waals surface area contributed by atoms with Gasteiger partial charge in [0, 0.05) is 35.9 Å². The van der Waals surface area contributed by atoms with Gasteiger partial charge in [0.05, 0.1) is 28.2 Å². The molecule has 0 spiro atoms. The molecule has 1 aromatic heterocycles. The van der Waals surface area contributed by atoms with Crippen molar-refractivity contribution >= 4 is 46.3 Å². The van der Waals surface area contributed by atoms with E-state index in [1.165, 1.54) is 25.0 Å². The van der Waals surface area contributed by atoms with Crippen LogP contribution in [0.1, 0.15) is 91.4 Å². The maximum atomic E-state index is 13.7. The standard InChI is InChI=1S/C35H36N4O7/c40-31(27-17-23-12-13-36-30(23)18-28(27)32(41)37-19-21-8-4-1-2-5-9-21)38-20-29(22-10-6-3-7-11-22)33(42)39-26-15-24(34(43)44)14-25(16-26)35(45)46/h3,6-7,10-18,21,29,36H,1-2,4-5,8-9,19-20H2,(H,37,41)(H,38,40)(H,39,42)(H,43,44)(H,45,46). The molecule has 46 heavy (non-hydrogen) atoms. The predicted octanol–water partition coefficient (Wildman–Crippen LogP) is 5.42. The van der Waals surface area contributed by atoms with Crippen LogP contribution in [0.4, 0.5) is 5.69 Å². The average molecular weight is 625 g/mol. The fourth-order valence-corrected chi connectivity index (χ4v) is 5.89. The summed E-state index contributed by atoms with van der Waals surface area (Å²) < 4.78 is 0. The number of hydrogen-bond donors (Lipinski definition) is 6. The van der Waals surface area contributed by atoms with Gasteiger partial charge in [-0.05, 0) is 60.7 Å². The Bertz CT molecular complexity index is 1730. The van der Waals surface area contributed by atoms with E-state index in [0.717, 1.165) is 37.1 Å². The van der Waals surface area contributed by atoms with E-state index in [4.69, 9.17) is 0 Å². The van der Waals surface area contributed by atoms with Crippen LogP contribution >= 0.6 is 0 Å². The molecule has 1 atom stereocenters. The fraction of sp³-hybridized carbons (Fsp3) is 0.286. The molecule has 1 aliphatic carbocycles. The summed E-state index contributed by atoms with van der Waals surface area (Å²) in [5.74, 6) is -4.72. The SMILES string of the molecule is O=C(O)c1cc(NC(=O)C(CNC(=O)c2cc3cc[nH]c3cc2C(=O)NCC2CCCCCC2)c2ccccc2)cc(C(=O)O)c1. The molecule has 3 amide bonds. The molecular weight excluding hydrogens is 588 g/mol. The Balaban J connectivity index is 1.36. The molecule has 1 fully saturated rings. The quantitative estimate of drug-likeness (QED) is 0.121. The van der Waals surface area contributed by atoms with E-state index >= 15 is 0 Å². The molecule has 1 heterocycles. The van der Waals surface area contributed by atoms with E-state index in [0.29, 0.717) is 23.5 Å². The summed E-state index contributed by atoms with van der Waals surface area (Å²) in [5, 5.41) is 28.1. The molecule has 0 saturated heterocycles. The van der Waals surface area contributed by atoms with E-state index < -0.39 is 29.7 Å². The van der Waals surface area contributed by atoms with Gasteiger partial charge in [-0.3, -0.25) is 14.4 Å². The molecule has 238 valence electrons. The molecule has 0 bridgehead atoms. The Morgan fingerprint density at radius 2 is 1.39 bits per heavy atom. The Morgan fingerprint density at radius 1 is 0.761 bits per heavy atom. The summed E-state index contributed by atoms with van der Waals surface area (Å²) in [6.45, 7) is 0.374. The van der Waals surface area contributed by atoms with Crippen molar-refractivity contribution in [3.8, 4) is 0 Å². The first-order valence-electron chi connectivity index (χ1n) is 15.3. The summed E-state index contributed by atoms with van der Waals surface area (Å²) in [6, 6.07) is 17.1. The van der Waals surface area contributed by atoms with Crippen molar-refractivity contribution in [1.82, 2.24) is 15.6 Å². The third kappa shape index (κ3) is 7.79. The molecule has 4 aromatic rings. The summed E-state index contributed by atoms with van der Waals surface area (Å²) in [4.78, 5) is 66.9. The lowest BCUT2D eigenvalue weighted by Gasteiger charge is -2.19. The first-order chi connectivity index (χ1) is 22.2. The van der Waals surface area contributed by atoms with Crippen LogP contribution in [-0.2, 0) is 4.79 Å². The summed E-state index contributed by atoms with van der Waals surface area (Å²) >= 11 is 0. The average Bonchev–Trinajstić information content (AvgIpc) is 3.36. The number of H-pyrrole nitrogens is 1. The van der Waals surface area contributed by atoms with Crippen molar-refractivity contribution in [2.75, 3.05) is 18.4 Å². The monoisotopic (exact) mass is 624 g/mol. The molecule has 1 saturated carbocycles. The van der Waals surface area contributed by atoms with Crippen LogP contribution in [0.5, 0.6) is 0 Å². The lowest BCUT2D eigenvalue weighted by atomic mass is 9.97. The fourth-order valence-electron chi connectivity index (χ4n) is 5.89. The zero-order chi connectivity index (χ0) is 32.6. The molecule has 5 rings (SSSR count). The number of aromatic amines is 1. The predicted molar refractivity (Wildman–Crippen MR) is 172 cm³/mol. The van der Waals surface area contributed by atoms with Gasteiger partial charge in [-0.15, -0.1) is 0 Å². The maximum absolute atomic E-state index is 13.7. The topological polar surface area (TPSA) is 178 Å². The number of rotatable bonds is 11. The molecule has 11 nitrogen and oxygen atoms in total. The lowest BCUT2D eigenvalue weighted by molar-refractivity contribution is -0.117. The van der Waals surface area contributed by atoms with E-state index in [-0.39, 0.29) is 40.4 Å². The van der Waals surface area contributed by atoms with E-state index in [9.17, 15) is 34.2 Å². The van der Waals surface area contributed by atoms with Gasteiger partial charge in [-0.25, -0.2) is 9.59 Å². The number of benzene rings is 3. The number of carbonyl (C=O) groups excluding carboxylic acids is 3. The Labute approximate surface area is 265 Å². The van der Waals surface area contributed by atoms with Crippen molar-refractivity contribution in [1.29, 1.82) is 0 Å². The molecule has 6 N–H and O–H groups in total. The van der Waals surface area contributed by atoms with Crippen molar-refractivity contribution in [3.05, 3.63) is 101 Å². The van der Waals surface area contributed by atoms with E-state index in [2.05, 4.69) is 20.9 Å². The van der Waals surface area contributed by atoms with Crippen LogP contribution in [0, 0.1) is 5.92 Å². The van der Waals surface area contributed by atoms with Gasteiger partial charge in [0.2, 0.25) is 5.91 Å². The summed E-state index contributed by atoms with van der Waals surface area (Å²) in [6.07, 6.45) is 8.55. The number of hydrogen-bond acceptors (Lipinski definition) is 5. The van der Waals surface area contributed by atoms with Crippen LogP contribution in [0.3, 0.4) is 0 Å². The highest BCUT2D eigenvalue weighted by Crippen LogP contribution is 2.25. The number of aromatic nitrogens is 1. The zero-order valence-corrected chi connectivity index (χ0v) is 25.2. The third-order valence-electron chi connectivity index (χ3n) is 8.39. The van der Waals surface area contributed by atoms with Gasteiger partial charge in [-0.2, -0.15) is 0 Å². The number of fused-ring (bicyclic) bond motifs is 1. The number of aromatic carboxylic acids is 2. The second-order valence-electron chi connectivity index (χ2n) is 11.6. The second-order valence-corrected chi connectivity index (χ2v) is 11.6. The smallest absolute Gasteiger partial charge is 0.335 e. The van der Waals surface area contributed by atoms with Crippen LogP contribution in [0.2, 0.25) is 0 Å². The van der Waals surface area contributed by atoms with Crippen molar-refractivity contribution in [2.24, 2.45) is 5.92 Å². The number of anilines is 1. The molecule has 0 radical (unpaired) electrons. The molecular formula is C35H36N4O7. The van der Waals surface area contributed by atoms with Gasteiger partial charge in [0.25, 0.3) is 11.8 Å². The van der Waals surface area contributed by atoms with Gasteiger partial charge >= 0.3 is 11.9 Å². The summed E-state index contributed by atoms with van der Waals surface area (Å²) in [5.41, 5.74) is 1.04. The minimum atomic E-state index is -1.35. The van der Waals surface area contributed by atoms with Crippen molar-refractivity contribution < 1.29 is 34.2 Å². The Morgan fingerprint density at radius 3 is 2.04 bits per heavy atom. The number of amides is 3. The maximum Gasteiger partial charge on any atom is 0.335 e. The van der Waals surface area contributed by atoms with Crippen LogP contribution < -0.4 is 16.0 Å². The first-order valence-corrected chi connectivity index (χ1v) is 15.3. The molecule has 1 unspecified atom stereocenters. The second kappa shape index (κ2) is 14.6. The number of carboxylic acid groups (broad SMARTS) is 2. The molecule has 3 aromatic carbocycles. The Kier molecular flexibility index (Phi) is 10.1. The summed E-state index contributed by atoms with van der Waals surface area (Å²) in [7, 11) is 0. The Hall–Kier alpha value is -5.45. The minimum absolute atomic E-state index is 0.0138. The first kappa shape index (κ1) is 32.0. The van der Waals surface area contributed by atoms with Gasteiger partial charge in [-0.1, -0.05) is 56.0 Å². The molecule has 1 aliphatic rings. The van der Waals surface area contributed by atoms with Crippen molar-refractivity contribution in [3.63, 3.8) is 0 Å². The van der Waals surface area contributed by atoms with Crippen LogP contribution in [0.15, 0.2) is 72.9 Å². The number of carboxylic acids is 2. The van der Waals surface area contributed by atoms with Crippen LogP contribution in [-0.4, -0.2) is 57.9 Å². The van der Waals surface area contributed by atoms with Gasteiger partial charge in [0.15, 0.2) is 0 Å². The number of carbonyl (C=O) groups is 5. The van der Waals surface area contributed by atoms with E-state index in [1.54, 1.807) is 54.7 Å². The van der Waals surface area contributed by atoms with Crippen LogP contribution in [0.25, 0.3) is 10.9 Å². The van der Waals surface area contributed by atoms with Gasteiger partial charge < -0.3 is 31.1 Å². The largest absolute Gasteiger partial charge is 0.478 e. The highest BCUT2D eigenvalue weighted by Gasteiger charge is 2.25. The molecule has 11 heteroatoms. The van der Waals surface area contributed by atoms with Crippen molar-refractivity contribution in [2.45, 2.75) is 44.4 Å². The van der Waals surface area contributed by atoms with E-state index in [1.807, 2.05) is 0 Å². The number of nitrogens with one attached hydrogen (secondary N) is 4.